The molecular formula is C20H14N2O6. The maximum Gasteiger partial charge on any atom is 0.362 e. The number of methoxy groups -OCH3 is 1. The highest BCUT2D eigenvalue weighted by molar-refractivity contribution is 5.95. The summed E-state index contributed by atoms with van der Waals surface area (Å²) in [5.74, 6) is -2.23. The topological polar surface area (TPSA) is 108 Å². The minimum absolute atomic E-state index is 0.266. The van der Waals surface area contributed by atoms with E-state index < -0.39 is 35.0 Å². The molecule has 8 nitrogen and oxygen atoms in total. The second kappa shape index (κ2) is 6.66. The summed E-state index contributed by atoms with van der Waals surface area (Å²) >= 11 is 0. The number of aromatic nitrogens is 2. The lowest BCUT2D eigenvalue weighted by atomic mass is 9.99. The van der Waals surface area contributed by atoms with E-state index in [1.165, 1.54) is 0 Å². The van der Waals surface area contributed by atoms with E-state index in [0.29, 0.717) is 11.3 Å². The third-order valence-electron chi connectivity index (χ3n) is 4.43. The maximum absolute atomic E-state index is 13.2. The SMILES string of the molecule is COC(=O)c1nn(-c2ccccc2)c(=O)c([C@H]2OC(=O)c3ccccc32)c1O. The average molecular weight is 378 g/mol. The number of rotatable bonds is 3. The molecule has 3 aromatic rings. The Morgan fingerprint density at radius 2 is 1.79 bits per heavy atom. The molecule has 0 fully saturated rings. The van der Waals surface area contributed by atoms with Crippen LogP contribution < -0.4 is 5.56 Å². The molecule has 0 spiro atoms. The number of fused-ring (bicyclic) bond motifs is 1. The zero-order valence-corrected chi connectivity index (χ0v) is 14.7. The lowest BCUT2D eigenvalue weighted by Gasteiger charge is -2.16. The normalized spacial score (nSPS) is 15.0. The molecule has 0 aliphatic carbocycles. The van der Waals surface area contributed by atoms with Gasteiger partial charge in [-0.15, -0.1) is 0 Å². The summed E-state index contributed by atoms with van der Waals surface area (Å²) < 4.78 is 11.0. The monoisotopic (exact) mass is 378 g/mol. The molecule has 0 bridgehead atoms. The Hall–Kier alpha value is -3.94. The first kappa shape index (κ1) is 17.5. The Bertz CT molecular complexity index is 1150. The molecule has 0 radical (unpaired) electrons. The van der Waals surface area contributed by atoms with Crippen molar-refractivity contribution in [2.75, 3.05) is 7.11 Å². The third kappa shape index (κ3) is 2.62. The molecule has 2 heterocycles. The second-order valence-corrected chi connectivity index (χ2v) is 6.03. The summed E-state index contributed by atoms with van der Waals surface area (Å²) in [6, 6.07) is 14.9. The fraction of sp³-hybridized carbons (Fsp3) is 0.100. The molecule has 1 aromatic heterocycles. The standard InChI is InChI=1S/C20H14N2O6/c1-27-20(26)15-16(23)14(17-12-9-5-6-10-13(12)19(25)28-17)18(24)22(21-15)11-7-3-2-4-8-11/h2-10,17,23H,1H3/t17-/m0/s1. The van der Waals surface area contributed by atoms with Gasteiger partial charge in [0.25, 0.3) is 5.56 Å². The van der Waals surface area contributed by atoms with Crippen molar-refractivity contribution in [3.63, 3.8) is 0 Å². The van der Waals surface area contributed by atoms with Crippen molar-refractivity contribution in [2.45, 2.75) is 6.10 Å². The van der Waals surface area contributed by atoms with Crippen LogP contribution in [0.25, 0.3) is 5.69 Å². The molecule has 28 heavy (non-hydrogen) atoms. The lowest BCUT2D eigenvalue weighted by Crippen LogP contribution is -2.29. The fourth-order valence-corrected chi connectivity index (χ4v) is 3.11. The van der Waals surface area contributed by atoms with Gasteiger partial charge in [-0.2, -0.15) is 9.78 Å². The predicted molar refractivity (Wildman–Crippen MR) is 96.5 cm³/mol. The molecule has 1 aliphatic rings. The molecule has 0 saturated carbocycles. The van der Waals surface area contributed by atoms with Crippen LogP contribution in [-0.4, -0.2) is 33.9 Å². The molecule has 8 heteroatoms. The third-order valence-corrected chi connectivity index (χ3v) is 4.43. The highest BCUT2D eigenvalue weighted by Gasteiger charge is 2.38. The van der Waals surface area contributed by atoms with Crippen LogP contribution >= 0.6 is 0 Å². The van der Waals surface area contributed by atoms with Gasteiger partial charge in [0.05, 0.1) is 18.4 Å². The van der Waals surface area contributed by atoms with Crippen molar-refractivity contribution in [1.29, 1.82) is 0 Å². The van der Waals surface area contributed by atoms with Crippen LogP contribution in [0.5, 0.6) is 5.75 Å². The highest BCUT2D eigenvalue weighted by Crippen LogP contribution is 2.38. The number of carbonyl (C=O) groups is 2. The van der Waals surface area contributed by atoms with Crippen LogP contribution in [0, 0.1) is 0 Å². The Morgan fingerprint density at radius 3 is 2.50 bits per heavy atom. The van der Waals surface area contributed by atoms with Gasteiger partial charge in [-0.3, -0.25) is 4.79 Å². The summed E-state index contributed by atoms with van der Waals surface area (Å²) in [5, 5.41) is 14.6. The first-order chi connectivity index (χ1) is 13.5. The maximum atomic E-state index is 13.2. The Kier molecular flexibility index (Phi) is 4.15. The van der Waals surface area contributed by atoms with Crippen molar-refractivity contribution in [2.24, 2.45) is 0 Å². The largest absolute Gasteiger partial charge is 0.505 e. The van der Waals surface area contributed by atoms with Crippen molar-refractivity contribution in [1.82, 2.24) is 9.78 Å². The van der Waals surface area contributed by atoms with Gasteiger partial charge in [-0.05, 0) is 18.2 Å². The molecular weight excluding hydrogens is 364 g/mol. The summed E-state index contributed by atoms with van der Waals surface area (Å²) in [6.45, 7) is 0. The molecule has 1 N–H and O–H groups in total. The summed E-state index contributed by atoms with van der Waals surface area (Å²) in [6.07, 6.45) is -1.17. The van der Waals surface area contributed by atoms with Gasteiger partial charge < -0.3 is 14.6 Å². The minimum Gasteiger partial charge on any atom is -0.505 e. The second-order valence-electron chi connectivity index (χ2n) is 6.03. The molecule has 0 saturated heterocycles. The quantitative estimate of drug-likeness (QED) is 0.694. The lowest BCUT2D eigenvalue weighted by molar-refractivity contribution is 0.0449. The Balaban J connectivity index is 2.01. The van der Waals surface area contributed by atoms with Crippen LogP contribution in [-0.2, 0) is 9.47 Å². The van der Waals surface area contributed by atoms with Crippen LogP contribution in [0.1, 0.15) is 38.1 Å². The first-order valence-corrected chi connectivity index (χ1v) is 8.32. The van der Waals surface area contributed by atoms with Gasteiger partial charge >= 0.3 is 11.9 Å². The summed E-state index contributed by atoms with van der Waals surface area (Å²) in [5.41, 5.74) is -0.364. The predicted octanol–water partition coefficient (Wildman–Crippen LogP) is 1.98. The van der Waals surface area contributed by atoms with Crippen molar-refractivity contribution in [3.05, 3.63) is 87.3 Å². The van der Waals surface area contributed by atoms with E-state index in [1.807, 2.05) is 0 Å². The molecule has 0 amide bonds. The van der Waals surface area contributed by atoms with Crippen LogP contribution in [0.15, 0.2) is 59.4 Å². The van der Waals surface area contributed by atoms with Crippen LogP contribution in [0.3, 0.4) is 0 Å². The summed E-state index contributed by atoms with van der Waals surface area (Å²) in [7, 11) is 1.13. The van der Waals surface area contributed by atoms with Gasteiger partial charge in [0, 0.05) is 5.56 Å². The van der Waals surface area contributed by atoms with Crippen molar-refractivity contribution >= 4 is 11.9 Å². The minimum atomic E-state index is -1.17. The number of aromatic hydroxyl groups is 1. The van der Waals surface area contributed by atoms with E-state index in [1.54, 1.807) is 54.6 Å². The molecule has 1 atom stereocenters. The molecule has 2 aromatic carbocycles. The zero-order chi connectivity index (χ0) is 19.8. The number of carbonyl (C=O) groups excluding carboxylic acids is 2. The van der Waals surface area contributed by atoms with E-state index in [-0.39, 0.29) is 11.1 Å². The van der Waals surface area contributed by atoms with E-state index in [2.05, 4.69) is 9.84 Å². The number of nitrogens with zero attached hydrogens (tertiary/aromatic N) is 2. The van der Waals surface area contributed by atoms with Gasteiger partial charge in [-0.1, -0.05) is 36.4 Å². The zero-order valence-electron chi connectivity index (χ0n) is 14.7. The first-order valence-electron chi connectivity index (χ1n) is 8.32. The molecule has 1 aliphatic heterocycles. The number of hydrogen-bond donors (Lipinski definition) is 1. The van der Waals surface area contributed by atoms with Crippen LogP contribution in [0.4, 0.5) is 0 Å². The van der Waals surface area contributed by atoms with Crippen LogP contribution in [0.2, 0.25) is 0 Å². The molecule has 140 valence electrons. The van der Waals surface area contributed by atoms with Crippen molar-refractivity contribution < 1.29 is 24.2 Å². The number of para-hydroxylation sites is 1. The highest BCUT2D eigenvalue weighted by atomic mass is 16.6. The van der Waals surface area contributed by atoms with E-state index in [0.717, 1.165) is 11.8 Å². The van der Waals surface area contributed by atoms with Gasteiger partial charge in [0.1, 0.15) is 5.56 Å². The van der Waals surface area contributed by atoms with E-state index >= 15 is 0 Å². The van der Waals surface area contributed by atoms with Gasteiger partial charge in [0.15, 0.2) is 11.9 Å². The smallest absolute Gasteiger partial charge is 0.362 e. The van der Waals surface area contributed by atoms with E-state index in [4.69, 9.17) is 4.74 Å². The number of hydrogen-bond acceptors (Lipinski definition) is 7. The Labute approximate surface area is 158 Å². The summed E-state index contributed by atoms with van der Waals surface area (Å²) in [4.78, 5) is 37.5. The molecule has 0 unspecified atom stereocenters. The van der Waals surface area contributed by atoms with Gasteiger partial charge in [0.2, 0.25) is 5.69 Å². The van der Waals surface area contributed by atoms with Crippen molar-refractivity contribution in [3.8, 4) is 11.4 Å². The number of esters is 2. The Morgan fingerprint density at radius 1 is 1.11 bits per heavy atom. The molecule has 4 rings (SSSR count). The van der Waals surface area contributed by atoms with Gasteiger partial charge in [-0.25, -0.2) is 9.59 Å². The average Bonchev–Trinajstić information content (AvgIpc) is 3.05. The number of benzene rings is 2. The number of cyclic esters (lactones) is 1. The number of ether oxygens (including phenoxy) is 2. The van der Waals surface area contributed by atoms with E-state index in [9.17, 15) is 19.5 Å². The fourth-order valence-electron chi connectivity index (χ4n) is 3.11.